The highest BCUT2D eigenvalue weighted by Gasteiger charge is 2.43. The molecule has 4 heterocycles. The molecule has 6 atom stereocenters. The second kappa shape index (κ2) is 17.3. The average Bonchev–Trinajstić information content (AvgIpc) is 4.11. The lowest BCUT2D eigenvalue weighted by Gasteiger charge is -2.32. The van der Waals surface area contributed by atoms with Crippen LogP contribution in [-0.4, -0.2) is 98.3 Å². The van der Waals surface area contributed by atoms with Crippen molar-refractivity contribution in [2.24, 2.45) is 11.8 Å². The van der Waals surface area contributed by atoms with Crippen molar-refractivity contribution in [3.05, 3.63) is 108 Å². The van der Waals surface area contributed by atoms with E-state index in [9.17, 15) is 24.3 Å². The van der Waals surface area contributed by atoms with E-state index in [1.54, 1.807) is 16.9 Å². The van der Waals surface area contributed by atoms with Gasteiger partial charge in [-0.3, -0.25) is 9.59 Å². The number of nitrogens with zero attached hydrogens (tertiary/aromatic N) is 4. The predicted octanol–water partition coefficient (Wildman–Crippen LogP) is 8.39. The predicted molar refractivity (Wildman–Crippen MR) is 243 cm³/mol. The summed E-state index contributed by atoms with van der Waals surface area (Å²) in [6.07, 6.45) is 0.234. The van der Waals surface area contributed by atoms with Gasteiger partial charge in [0.2, 0.25) is 5.91 Å². The summed E-state index contributed by atoms with van der Waals surface area (Å²) in [5.41, 5.74) is 6.07. The number of likely N-dealkylation sites (tertiary alicyclic amines) is 2. The first kappa shape index (κ1) is 42.3. The normalized spacial score (nSPS) is 19.8. The minimum absolute atomic E-state index is 0.0615. The number of carboxylic acid groups (broad SMARTS) is 1. The number of benzene rings is 5. The van der Waals surface area contributed by atoms with Crippen LogP contribution in [-0.2, 0) is 19.1 Å². The zero-order chi connectivity index (χ0) is 44.8. The summed E-state index contributed by atoms with van der Waals surface area (Å²) in [6, 6.07) is 27.5. The number of ether oxygens (including phenoxy) is 2. The van der Waals surface area contributed by atoms with Gasteiger partial charge in [0.15, 0.2) is 0 Å². The molecule has 7 aromatic rings. The Morgan fingerprint density at radius 2 is 1.39 bits per heavy atom. The molecule has 15 heteroatoms. The van der Waals surface area contributed by atoms with Crippen molar-refractivity contribution in [3.63, 3.8) is 0 Å². The molecule has 330 valence electrons. The highest BCUT2D eigenvalue weighted by Crippen LogP contribution is 2.40. The van der Waals surface area contributed by atoms with Crippen LogP contribution in [0.1, 0.15) is 75.4 Å². The molecule has 4 amide bonds. The highest BCUT2D eigenvalue weighted by molar-refractivity contribution is 6.07. The van der Waals surface area contributed by atoms with E-state index in [4.69, 9.17) is 19.4 Å². The van der Waals surface area contributed by atoms with E-state index >= 15 is 0 Å². The number of H-pyrrole nitrogens is 2. The summed E-state index contributed by atoms with van der Waals surface area (Å²) in [7, 11) is 2.93. The van der Waals surface area contributed by atoms with Gasteiger partial charge in [-0.1, -0.05) is 80.6 Å². The Morgan fingerprint density at radius 3 is 1.95 bits per heavy atom. The number of imidazole rings is 2. The third kappa shape index (κ3) is 7.84. The number of carbonyl (C=O) groups excluding carboxylic acids is 3. The Balaban J connectivity index is 0.998. The number of rotatable bonds is 11. The first-order valence-electron chi connectivity index (χ1n) is 21.8. The summed E-state index contributed by atoms with van der Waals surface area (Å²) < 4.78 is 10.4. The SMILES string of the molecule is COC[C@H]1C[C@@H](c2nc3c(ccc4cc(-c5ccc6c(ccc7[nH]c([C@@H]8CC[C@H](C)N8C(=O)[C@@H](NC(=O)O)C(C)C)nc76)c5)ccc43)[nH]2)N(C(=O)[C@H](NC(=O)OC)c2ccccc2)C1. The third-order valence-electron chi connectivity index (χ3n) is 13.0. The van der Waals surface area contributed by atoms with E-state index in [0.29, 0.717) is 36.8 Å². The number of hydrogen-bond acceptors (Lipinski definition) is 8. The van der Waals surface area contributed by atoms with Crippen molar-refractivity contribution in [2.75, 3.05) is 27.4 Å². The van der Waals surface area contributed by atoms with Crippen molar-refractivity contribution >= 4 is 67.6 Å². The van der Waals surface area contributed by atoms with E-state index in [-0.39, 0.29) is 41.8 Å². The fourth-order valence-corrected chi connectivity index (χ4v) is 9.81. The van der Waals surface area contributed by atoms with Gasteiger partial charge in [0.05, 0.1) is 47.9 Å². The van der Waals surface area contributed by atoms with Gasteiger partial charge >= 0.3 is 12.2 Å². The molecule has 0 radical (unpaired) electrons. The number of alkyl carbamates (subject to hydrolysis) is 1. The molecule has 2 aromatic heterocycles. The molecule has 0 saturated carbocycles. The molecule has 5 aromatic carbocycles. The van der Waals surface area contributed by atoms with Crippen molar-refractivity contribution in [1.82, 2.24) is 40.4 Å². The molecule has 0 aliphatic carbocycles. The maximum Gasteiger partial charge on any atom is 0.407 e. The molecule has 2 aliphatic heterocycles. The van der Waals surface area contributed by atoms with E-state index in [0.717, 1.165) is 67.6 Å². The molecule has 0 unspecified atom stereocenters. The van der Waals surface area contributed by atoms with Gasteiger partial charge < -0.3 is 45.0 Å². The van der Waals surface area contributed by atoms with E-state index in [1.165, 1.54) is 7.11 Å². The number of fused-ring (bicyclic) bond motifs is 6. The van der Waals surface area contributed by atoms with Crippen LogP contribution in [0.5, 0.6) is 0 Å². The van der Waals surface area contributed by atoms with Gasteiger partial charge in [-0.15, -0.1) is 0 Å². The molecule has 0 bridgehead atoms. The number of amides is 4. The quantitative estimate of drug-likeness (QED) is 0.0849. The monoisotopic (exact) mass is 864 g/mol. The molecule has 0 spiro atoms. The Labute approximate surface area is 369 Å². The van der Waals surface area contributed by atoms with E-state index < -0.39 is 24.3 Å². The first-order valence-corrected chi connectivity index (χ1v) is 21.8. The molecule has 5 N–H and O–H groups in total. The van der Waals surface area contributed by atoms with Crippen LogP contribution in [0.3, 0.4) is 0 Å². The van der Waals surface area contributed by atoms with Gasteiger partial charge in [-0.2, -0.15) is 0 Å². The van der Waals surface area contributed by atoms with Crippen molar-refractivity contribution < 1.29 is 33.8 Å². The average molecular weight is 865 g/mol. The zero-order valence-corrected chi connectivity index (χ0v) is 36.4. The molecule has 2 saturated heterocycles. The largest absolute Gasteiger partial charge is 0.465 e. The molecule has 64 heavy (non-hydrogen) atoms. The Bertz CT molecular complexity index is 2910. The first-order chi connectivity index (χ1) is 30.9. The minimum Gasteiger partial charge on any atom is -0.465 e. The van der Waals surface area contributed by atoms with Gasteiger partial charge in [0.25, 0.3) is 5.91 Å². The van der Waals surface area contributed by atoms with Crippen LogP contribution in [0.15, 0.2) is 91.0 Å². The minimum atomic E-state index is -1.22. The van der Waals surface area contributed by atoms with E-state index in [2.05, 4.69) is 69.1 Å². The summed E-state index contributed by atoms with van der Waals surface area (Å²) in [6.45, 7) is 6.60. The van der Waals surface area contributed by atoms with Crippen molar-refractivity contribution in [3.8, 4) is 11.1 Å². The standard InChI is InChI=1S/C49H52N8O7/c1-26(2)40(54-48(60)61)47(59)57-27(3)11-20-38(57)44-50-36-18-14-32-22-30(12-16-34(32)42(36)52-44)31-13-17-35-33(23-31)15-19-37-43(35)53-45(51-37)39-21-28(25-63-4)24-56(39)46(58)41(55-49(62)64-5)29-9-7-6-8-10-29/h6-10,12-19,22-23,26-28,38-41,54H,11,20-21,24-25H2,1-5H3,(H,50,52)(H,51,53)(H,55,62)(H,60,61)/t27-,28-,38-,39-,40-,41+/m0/s1. The highest BCUT2D eigenvalue weighted by atomic mass is 16.5. The van der Waals surface area contributed by atoms with Crippen LogP contribution in [0.25, 0.3) is 54.7 Å². The van der Waals surface area contributed by atoms with E-state index in [1.807, 2.05) is 63.2 Å². The lowest BCUT2D eigenvalue weighted by atomic mass is 9.98. The fourth-order valence-electron chi connectivity index (χ4n) is 9.81. The number of carbonyl (C=O) groups is 4. The van der Waals surface area contributed by atoms with Crippen molar-refractivity contribution in [1.29, 1.82) is 0 Å². The fraction of sp³-hybridized carbons (Fsp3) is 0.347. The van der Waals surface area contributed by atoms with Gasteiger partial charge in [-0.05, 0) is 83.8 Å². The molecular formula is C49H52N8O7. The van der Waals surface area contributed by atoms with Crippen LogP contribution >= 0.6 is 0 Å². The summed E-state index contributed by atoms with van der Waals surface area (Å²) in [5, 5.41) is 18.6. The maximum atomic E-state index is 14.4. The third-order valence-corrected chi connectivity index (χ3v) is 13.0. The number of aromatic amines is 2. The second-order valence-electron chi connectivity index (χ2n) is 17.4. The Morgan fingerprint density at radius 1 is 0.781 bits per heavy atom. The Hall–Kier alpha value is -7.00. The molecule has 9 rings (SSSR count). The number of nitrogens with one attached hydrogen (secondary N) is 4. The van der Waals surface area contributed by atoms with Crippen molar-refractivity contribution in [2.45, 2.75) is 70.2 Å². The van der Waals surface area contributed by atoms with Gasteiger partial charge in [0, 0.05) is 36.4 Å². The lowest BCUT2D eigenvalue weighted by Crippen LogP contribution is -2.52. The van der Waals surface area contributed by atoms with Crippen LogP contribution < -0.4 is 10.6 Å². The smallest absolute Gasteiger partial charge is 0.407 e. The second-order valence-corrected chi connectivity index (χ2v) is 17.4. The molecule has 15 nitrogen and oxygen atoms in total. The number of hydrogen-bond donors (Lipinski definition) is 5. The topological polar surface area (TPSA) is 195 Å². The van der Waals surface area contributed by atoms with Gasteiger partial charge in [0.1, 0.15) is 23.7 Å². The summed E-state index contributed by atoms with van der Waals surface area (Å²) >= 11 is 0. The Kier molecular flexibility index (Phi) is 11.4. The summed E-state index contributed by atoms with van der Waals surface area (Å²) in [5.74, 6) is 0.721. The molecular weight excluding hydrogens is 813 g/mol. The molecule has 2 aliphatic rings. The van der Waals surface area contributed by atoms with Gasteiger partial charge in [-0.25, -0.2) is 19.6 Å². The lowest BCUT2D eigenvalue weighted by molar-refractivity contribution is -0.137. The molecule has 2 fully saturated rings. The van der Waals surface area contributed by atoms with Crippen LogP contribution in [0.2, 0.25) is 0 Å². The number of methoxy groups -OCH3 is 2. The number of aromatic nitrogens is 4. The maximum absolute atomic E-state index is 14.4. The zero-order valence-electron chi connectivity index (χ0n) is 36.4. The van der Waals surface area contributed by atoms with Crippen LogP contribution in [0, 0.1) is 11.8 Å². The summed E-state index contributed by atoms with van der Waals surface area (Å²) in [4.78, 5) is 73.0. The van der Waals surface area contributed by atoms with Crippen LogP contribution in [0.4, 0.5) is 9.59 Å².